The molecular formula is C88H76N6O12. The highest BCUT2D eigenvalue weighted by molar-refractivity contribution is 6.16. The molecule has 2 unspecified atom stereocenters. The number of carbonyl (C=O) groups is 4. The van der Waals surface area contributed by atoms with E-state index in [2.05, 4.69) is 47.5 Å². The predicted octanol–water partition coefficient (Wildman–Crippen LogP) is 16.6. The number of carbonyl (C=O) groups excluding carboxylic acids is 4. The molecule has 530 valence electrons. The van der Waals surface area contributed by atoms with Crippen LogP contribution < -0.4 is 44.0 Å². The first-order chi connectivity index (χ1) is 51.6. The number of para-hydroxylation sites is 2. The largest absolute Gasteiger partial charge is 0.493 e. The second-order valence-corrected chi connectivity index (χ2v) is 28.9. The van der Waals surface area contributed by atoms with Crippen LogP contribution in [0.5, 0.6) is 34.5 Å². The average Bonchev–Trinajstić information content (AvgIpc) is 1.46. The molecule has 8 aliphatic rings. The zero-order valence-electron chi connectivity index (χ0n) is 59.1. The lowest BCUT2D eigenvalue weighted by Crippen LogP contribution is -2.37. The molecule has 0 bridgehead atoms. The molecule has 0 spiro atoms. The van der Waals surface area contributed by atoms with Gasteiger partial charge in [0.2, 0.25) is 0 Å². The van der Waals surface area contributed by atoms with Crippen LogP contribution in [-0.4, -0.2) is 67.0 Å². The standard InChI is InChI=1S/C44H37N3O7.C44H39N3O5/c1-25-13-35-29(11-12-31-17-28-7-3-5-9-34(28)42(31)43(35)48)19-39(25)53-23-26-14-27(16-32(15-26)47(50)51)24-54-41-21-37-36(20-40(41)52-2)44(49)46-33(22-45-37)18-30-8-4-6-10-38(30)46;1-25-13-35-29(11-12-31-17-28-7-3-5-9-34(28)42(31)43(35)48)19-39(25)51-23-26-14-27(16-32(45)15-26)24-52-41-21-37-36(20-40(41)50-2)44(49)47-33(22-46-37)18-30-8-4-6-10-38(30)47/h3-10,13-16,19-22,31,33,42H,11-12,17-18,23-24H2,1-2H3;3-10,13-16,19-22,31,33,42H,11-12,17-18,23-24,45H2,1-2H3/t2*31-,33+,42?/m11/s1. The van der Waals surface area contributed by atoms with Gasteiger partial charge in [-0.2, -0.15) is 0 Å². The lowest BCUT2D eigenvalue weighted by Gasteiger charge is -2.22. The lowest BCUT2D eigenvalue weighted by molar-refractivity contribution is -0.385. The molecule has 6 atom stereocenters. The molecular weight excluding hydrogens is 1330 g/mol. The van der Waals surface area contributed by atoms with Gasteiger partial charge in [-0.3, -0.25) is 49.1 Å². The molecule has 18 nitrogen and oxygen atoms in total. The normalized spacial score (nSPS) is 19.2. The van der Waals surface area contributed by atoms with Crippen molar-refractivity contribution in [3.05, 3.63) is 292 Å². The molecule has 2 amide bonds. The third kappa shape index (κ3) is 12.3. The zero-order chi connectivity index (χ0) is 72.6. The van der Waals surface area contributed by atoms with E-state index in [1.807, 2.05) is 128 Å². The third-order valence-electron chi connectivity index (χ3n) is 22.3. The Labute approximate surface area is 613 Å². The van der Waals surface area contributed by atoms with Gasteiger partial charge in [-0.15, -0.1) is 0 Å². The van der Waals surface area contributed by atoms with Gasteiger partial charge in [0.15, 0.2) is 34.6 Å². The summed E-state index contributed by atoms with van der Waals surface area (Å²) >= 11 is 0. The van der Waals surface area contributed by atoms with Crippen LogP contribution in [0.1, 0.15) is 144 Å². The number of rotatable bonds is 15. The van der Waals surface area contributed by atoms with Gasteiger partial charge in [0.25, 0.3) is 17.5 Å². The SMILES string of the molecule is COc1cc2c(cc1OCc1cc(COc3cc4c(cc3C)C(=O)C3c5ccccc5C[C@H]3CC4)cc([N+](=O)[O-])c1)N=C[C@@H]1Cc3ccccc3N1C2=O.COc1cc2c(cc1OCc1cc(N)cc(COc3cc4c(cc3C)C(=O)C3c5ccccc5C[C@H]3CC4)c1)N=C[C@@H]1Cc3ccccc3N1C2=O. The molecule has 10 aromatic rings. The first-order valence-electron chi connectivity index (χ1n) is 36.1. The summed E-state index contributed by atoms with van der Waals surface area (Å²) in [7, 11) is 3.06. The number of anilines is 3. The van der Waals surface area contributed by atoms with Gasteiger partial charge in [0.05, 0.1) is 65.6 Å². The Kier molecular flexibility index (Phi) is 17.4. The Bertz CT molecular complexity index is 5390. The molecule has 2 N–H and O–H groups in total. The fraction of sp³-hybridized carbons (Fsp3) is 0.250. The Balaban J connectivity index is 0.000000156. The molecule has 4 aliphatic heterocycles. The number of methoxy groups -OCH3 is 2. The van der Waals surface area contributed by atoms with Crippen LogP contribution in [0.3, 0.4) is 0 Å². The number of Topliss-reactive ketones (excluding diaryl/α,β-unsaturated/α-hetero) is 2. The smallest absolute Gasteiger partial charge is 0.270 e. The molecule has 0 saturated heterocycles. The van der Waals surface area contributed by atoms with Crippen molar-refractivity contribution in [1.29, 1.82) is 0 Å². The van der Waals surface area contributed by atoms with Gasteiger partial charge in [0.1, 0.15) is 37.9 Å². The first-order valence-corrected chi connectivity index (χ1v) is 36.1. The molecule has 0 radical (unpaired) electrons. The second kappa shape index (κ2) is 27.5. The molecule has 0 aromatic heterocycles. The van der Waals surface area contributed by atoms with Crippen molar-refractivity contribution in [2.75, 3.05) is 29.8 Å². The number of fused-ring (bicyclic) bond motifs is 16. The fourth-order valence-electron chi connectivity index (χ4n) is 17.3. The maximum absolute atomic E-state index is 13.9. The molecule has 4 aliphatic carbocycles. The second-order valence-electron chi connectivity index (χ2n) is 28.9. The summed E-state index contributed by atoms with van der Waals surface area (Å²) in [6.07, 6.45) is 10.5. The van der Waals surface area contributed by atoms with Crippen LogP contribution in [-0.2, 0) is 65.0 Å². The van der Waals surface area contributed by atoms with Crippen molar-refractivity contribution in [2.45, 2.75) is 116 Å². The van der Waals surface area contributed by atoms with Gasteiger partial charge >= 0.3 is 0 Å². The van der Waals surface area contributed by atoms with E-state index in [9.17, 15) is 29.3 Å². The number of amides is 2. The van der Waals surface area contributed by atoms with Gasteiger partial charge < -0.3 is 34.2 Å². The summed E-state index contributed by atoms with van der Waals surface area (Å²) in [5, 5.41) is 12.0. The summed E-state index contributed by atoms with van der Waals surface area (Å²) in [5.41, 5.74) is 26.0. The Morgan fingerprint density at radius 2 is 0.840 bits per heavy atom. The van der Waals surface area contributed by atoms with Crippen molar-refractivity contribution in [1.82, 2.24) is 0 Å². The number of benzene rings is 10. The number of ketones is 2. The van der Waals surface area contributed by atoms with E-state index in [0.29, 0.717) is 87.0 Å². The van der Waals surface area contributed by atoms with E-state index in [-0.39, 0.29) is 78.7 Å². The maximum Gasteiger partial charge on any atom is 0.270 e. The van der Waals surface area contributed by atoms with E-state index in [1.54, 1.807) is 42.5 Å². The number of non-ortho nitro benzene ring substituents is 1. The fourth-order valence-corrected chi connectivity index (χ4v) is 17.3. The minimum atomic E-state index is -0.436. The van der Waals surface area contributed by atoms with E-state index < -0.39 is 4.92 Å². The molecule has 4 heterocycles. The Hall–Kier alpha value is -12.2. The number of hydrogen-bond acceptors (Lipinski definition) is 15. The number of aliphatic imine (C=N–C) groups is 2. The number of nitro benzene ring substituents is 1. The van der Waals surface area contributed by atoms with Crippen molar-refractivity contribution in [3.8, 4) is 34.5 Å². The van der Waals surface area contributed by atoms with E-state index in [4.69, 9.17) is 39.1 Å². The summed E-state index contributed by atoms with van der Waals surface area (Å²) in [4.78, 5) is 79.9. The van der Waals surface area contributed by atoms with Crippen LogP contribution in [0.2, 0.25) is 0 Å². The third-order valence-corrected chi connectivity index (χ3v) is 22.3. The van der Waals surface area contributed by atoms with Crippen LogP contribution in [0.15, 0.2) is 192 Å². The number of nitrogens with two attached hydrogens (primary N) is 1. The highest BCUT2D eigenvalue weighted by Gasteiger charge is 2.43. The average molecular weight is 1410 g/mol. The number of aryl methyl sites for hydroxylation is 4. The monoisotopic (exact) mass is 1410 g/mol. The molecule has 18 heteroatoms. The van der Waals surface area contributed by atoms with Crippen LogP contribution in [0.25, 0.3) is 0 Å². The molecule has 106 heavy (non-hydrogen) atoms. The molecule has 18 rings (SSSR count). The Morgan fingerprint density at radius 3 is 1.26 bits per heavy atom. The van der Waals surface area contributed by atoms with E-state index >= 15 is 0 Å². The number of nitrogens with zero attached hydrogens (tertiary/aromatic N) is 5. The number of ether oxygens (including phenoxy) is 6. The molecule has 10 aromatic carbocycles. The van der Waals surface area contributed by atoms with Gasteiger partial charge in [-0.1, -0.05) is 84.9 Å². The van der Waals surface area contributed by atoms with Crippen LogP contribution in [0, 0.1) is 35.8 Å². The lowest BCUT2D eigenvalue weighted by atomic mass is 9.86. The van der Waals surface area contributed by atoms with Gasteiger partial charge in [-0.25, -0.2) is 0 Å². The van der Waals surface area contributed by atoms with Gasteiger partial charge in [0, 0.05) is 77.7 Å². The number of nitrogen functional groups attached to an aromatic ring is 1. The van der Waals surface area contributed by atoms with Crippen molar-refractivity contribution < 1.29 is 52.5 Å². The van der Waals surface area contributed by atoms with Crippen molar-refractivity contribution >= 4 is 69.9 Å². The topological polar surface area (TPSA) is 224 Å². The Morgan fingerprint density at radius 1 is 0.443 bits per heavy atom. The van der Waals surface area contributed by atoms with Gasteiger partial charge in [-0.05, 0) is 215 Å². The summed E-state index contributed by atoms with van der Waals surface area (Å²) in [6.45, 7) is 4.54. The number of hydrogen-bond donors (Lipinski definition) is 1. The highest BCUT2D eigenvalue weighted by atomic mass is 16.6. The first kappa shape index (κ1) is 67.0. The molecule has 0 fully saturated rings. The van der Waals surface area contributed by atoms with E-state index in [1.165, 1.54) is 35.9 Å². The predicted molar refractivity (Wildman–Crippen MR) is 405 cm³/mol. The van der Waals surface area contributed by atoms with Crippen molar-refractivity contribution in [3.63, 3.8) is 0 Å². The molecule has 0 saturated carbocycles. The quantitative estimate of drug-likeness (QED) is 0.0573. The zero-order valence-corrected chi connectivity index (χ0v) is 59.1. The minimum absolute atomic E-state index is 0.00490. The van der Waals surface area contributed by atoms with Crippen molar-refractivity contribution in [2.24, 2.45) is 21.8 Å². The summed E-state index contributed by atoms with van der Waals surface area (Å²) in [6, 6.07) is 57.6. The van der Waals surface area contributed by atoms with E-state index in [0.717, 1.165) is 123 Å². The van der Waals surface area contributed by atoms with Crippen LogP contribution >= 0.6 is 0 Å². The highest BCUT2D eigenvalue weighted by Crippen LogP contribution is 2.49. The summed E-state index contributed by atoms with van der Waals surface area (Å²) < 4.78 is 36.5. The summed E-state index contributed by atoms with van der Waals surface area (Å²) in [5.74, 6) is 3.62. The maximum atomic E-state index is 13.9. The van der Waals surface area contributed by atoms with Crippen LogP contribution in [0.4, 0.5) is 34.1 Å². The minimum Gasteiger partial charge on any atom is -0.493 e. The number of nitro groups is 1.